The summed E-state index contributed by atoms with van der Waals surface area (Å²) in [5.41, 5.74) is 3.01. The van der Waals surface area contributed by atoms with E-state index in [1.165, 1.54) is 0 Å². The Hall–Kier alpha value is -1.18. The first-order valence-corrected chi connectivity index (χ1v) is 5.17. The molecule has 3 N–H and O–H groups in total. The monoisotopic (exact) mass is 265 g/mol. The van der Waals surface area contributed by atoms with Crippen molar-refractivity contribution in [2.24, 2.45) is 5.73 Å². The molecule has 1 aromatic carbocycles. The first kappa shape index (κ1) is 13.3. The molecule has 0 bridgehead atoms. The van der Waals surface area contributed by atoms with Crippen molar-refractivity contribution >= 4 is 0 Å². The lowest BCUT2D eigenvalue weighted by Crippen LogP contribution is -2.47. The number of nitrogens with two attached hydrogens (primary N) is 1. The van der Waals surface area contributed by atoms with Crippen molar-refractivity contribution in [3.8, 4) is 0 Å². The van der Waals surface area contributed by atoms with Crippen LogP contribution in [0.1, 0.15) is 11.1 Å². The fourth-order valence-electron chi connectivity index (χ4n) is 1.91. The van der Waals surface area contributed by atoms with Gasteiger partial charge in [-0.1, -0.05) is 6.07 Å². The van der Waals surface area contributed by atoms with Crippen molar-refractivity contribution in [3.05, 3.63) is 35.1 Å². The van der Waals surface area contributed by atoms with Gasteiger partial charge in [-0.2, -0.15) is 13.2 Å². The Morgan fingerprint density at radius 3 is 2.50 bits per heavy atom. The van der Waals surface area contributed by atoms with Gasteiger partial charge in [0.05, 0.1) is 24.3 Å². The number of rotatable bonds is 1. The number of halogens is 4. The summed E-state index contributed by atoms with van der Waals surface area (Å²) >= 11 is 0. The summed E-state index contributed by atoms with van der Waals surface area (Å²) in [6.45, 7) is -0.215. The van der Waals surface area contributed by atoms with Gasteiger partial charge in [0.1, 0.15) is 11.9 Å². The van der Waals surface area contributed by atoms with Crippen LogP contribution in [-0.2, 0) is 16.5 Å². The molecule has 1 aliphatic heterocycles. The molecule has 1 saturated heterocycles. The molecule has 2 unspecified atom stereocenters. The highest BCUT2D eigenvalue weighted by Gasteiger charge is 2.43. The maximum Gasteiger partial charge on any atom is 0.416 e. The van der Waals surface area contributed by atoms with E-state index in [1.807, 2.05) is 0 Å². The molecule has 0 saturated carbocycles. The molecule has 0 aromatic heterocycles. The summed E-state index contributed by atoms with van der Waals surface area (Å²) < 4.78 is 55.8. The third-order valence-corrected chi connectivity index (χ3v) is 3.01. The fraction of sp³-hybridized carbons (Fsp3) is 0.455. The van der Waals surface area contributed by atoms with Gasteiger partial charge in [-0.3, -0.25) is 0 Å². The maximum atomic E-state index is 13.7. The third-order valence-electron chi connectivity index (χ3n) is 3.01. The topological polar surface area (TPSA) is 55.5 Å². The van der Waals surface area contributed by atoms with Gasteiger partial charge >= 0.3 is 6.18 Å². The van der Waals surface area contributed by atoms with Gasteiger partial charge in [0, 0.05) is 5.56 Å². The molecule has 0 amide bonds. The zero-order valence-corrected chi connectivity index (χ0v) is 9.17. The zero-order chi connectivity index (χ0) is 13.6. The maximum absolute atomic E-state index is 13.7. The highest BCUT2D eigenvalue weighted by molar-refractivity contribution is 5.33. The van der Waals surface area contributed by atoms with Gasteiger partial charge in [-0.05, 0) is 12.1 Å². The van der Waals surface area contributed by atoms with E-state index in [0.29, 0.717) is 6.07 Å². The Balaban J connectivity index is 2.42. The minimum absolute atomic E-state index is 0.0725. The average molecular weight is 265 g/mol. The van der Waals surface area contributed by atoms with E-state index in [-0.39, 0.29) is 18.8 Å². The molecular formula is C11H11F4NO2. The average Bonchev–Trinajstić information content (AvgIpc) is 2.58. The number of aliphatic hydroxyl groups excluding tert-OH is 1. The first-order valence-electron chi connectivity index (χ1n) is 5.17. The Kier molecular flexibility index (Phi) is 3.08. The largest absolute Gasteiger partial charge is 0.416 e. The smallest absolute Gasteiger partial charge is 0.388 e. The van der Waals surface area contributed by atoms with Gasteiger partial charge in [0.25, 0.3) is 0 Å². The van der Waals surface area contributed by atoms with E-state index in [1.54, 1.807) is 0 Å². The molecule has 1 aromatic rings. The quantitative estimate of drug-likeness (QED) is 0.754. The Labute approximate surface area is 100 Å². The van der Waals surface area contributed by atoms with Crippen LogP contribution < -0.4 is 5.73 Å². The molecule has 100 valence electrons. The minimum atomic E-state index is -4.62. The van der Waals surface area contributed by atoms with E-state index in [0.717, 1.165) is 12.1 Å². The van der Waals surface area contributed by atoms with Gasteiger partial charge < -0.3 is 15.6 Å². The lowest BCUT2D eigenvalue weighted by atomic mass is 9.87. The summed E-state index contributed by atoms with van der Waals surface area (Å²) in [7, 11) is 0. The van der Waals surface area contributed by atoms with Gasteiger partial charge in [-0.25, -0.2) is 4.39 Å². The first-order chi connectivity index (χ1) is 8.25. The number of alkyl halides is 3. The summed E-state index contributed by atoms with van der Waals surface area (Å²) in [5.74, 6) is -1.10. The summed E-state index contributed by atoms with van der Waals surface area (Å²) in [4.78, 5) is 0. The minimum Gasteiger partial charge on any atom is -0.388 e. The molecule has 0 radical (unpaired) electrons. The second-order valence-electron chi connectivity index (χ2n) is 4.26. The molecule has 2 rings (SSSR count). The number of hydrogen-bond acceptors (Lipinski definition) is 3. The molecule has 18 heavy (non-hydrogen) atoms. The molecule has 7 heteroatoms. The predicted octanol–water partition coefficient (Wildman–Crippen LogP) is 1.39. The molecule has 1 fully saturated rings. The predicted molar refractivity (Wildman–Crippen MR) is 54.1 cm³/mol. The molecule has 3 nitrogen and oxygen atoms in total. The van der Waals surface area contributed by atoms with E-state index in [2.05, 4.69) is 0 Å². The van der Waals surface area contributed by atoms with Crippen LogP contribution in [0.25, 0.3) is 0 Å². The van der Waals surface area contributed by atoms with E-state index < -0.39 is 29.2 Å². The van der Waals surface area contributed by atoms with E-state index in [4.69, 9.17) is 10.5 Å². The lowest BCUT2D eigenvalue weighted by Gasteiger charge is -2.27. The van der Waals surface area contributed by atoms with Crippen molar-refractivity contribution in [2.45, 2.75) is 17.8 Å². The van der Waals surface area contributed by atoms with Crippen LogP contribution in [0.4, 0.5) is 17.6 Å². The second kappa shape index (κ2) is 4.18. The van der Waals surface area contributed by atoms with E-state index >= 15 is 0 Å². The molecule has 0 spiro atoms. The van der Waals surface area contributed by atoms with Gasteiger partial charge in [0.2, 0.25) is 0 Å². The molecule has 1 heterocycles. The van der Waals surface area contributed by atoms with Gasteiger partial charge in [-0.15, -0.1) is 0 Å². The number of ether oxygens (including phenoxy) is 1. The highest BCUT2D eigenvalue weighted by Crippen LogP contribution is 2.34. The normalized spacial score (nSPS) is 28.7. The van der Waals surface area contributed by atoms with Crippen molar-refractivity contribution in [1.29, 1.82) is 0 Å². The third kappa shape index (κ3) is 2.09. The highest BCUT2D eigenvalue weighted by atomic mass is 19.4. The Morgan fingerprint density at radius 2 is 2.06 bits per heavy atom. The zero-order valence-electron chi connectivity index (χ0n) is 9.17. The van der Waals surface area contributed by atoms with Crippen LogP contribution in [-0.4, -0.2) is 24.4 Å². The molecule has 1 aliphatic rings. The number of aliphatic hydroxyl groups is 1. The summed E-state index contributed by atoms with van der Waals surface area (Å²) in [6.07, 6.45) is -5.77. The molecule has 0 aliphatic carbocycles. The second-order valence-corrected chi connectivity index (χ2v) is 4.26. The van der Waals surface area contributed by atoms with Crippen molar-refractivity contribution < 1.29 is 27.4 Å². The summed E-state index contributed by atoms with van der Waals surface area (Å²) in [6, 6.07) is 2.04. The van der Waals surface area contributed by atoms with Crippen LogP contribution in [0.2, 0.25) is 0 Å². The SMILES string of the molecule is NC1(c2ccc(C(F)(F)F)cc2F)COCC1O. The fourth-order valence-corrected chi connectivity index (χ4v) is 1.91. The van der Waals surface area contributed by atoms with Crippen LogP contribution in [0.15, 0.2) is 18.2 Å². The summed E-state index contributed by atoms with van der Waals surface area (Å²) in [5, 5.41) is 9.62. The Morgan fingerprint density at radius 1 is 1.39 bits per heavy atom. The van der Waals surface area contributed by atoms with Crippen molar-refractivity contribution in [1.82, 2.24) is 0 Å². The van der Waals surface area contributed by atoms with Crippen LogP contribution >= 0.6 is 0 Å². The van der Waals surface area contributed by atoms with Crippen LogP contribution in [0, 0.1) is 5.82 Å². The van der Waals surface area contributed by atoms with Crippen LogP contribution in [0.5, 0.6) is 0 Å². The van der Waals surface area contributed by atoms with Crippen LogP contribution in [0.3, 0.4) is 0 Å². The lowest BCUT2D eigenvalue weighted by molar-refractivity contribution is -0.137. The van der Waals surface area contributed by atoms with E-state index in [9.17, 15) is 22.7 Å². The van der Waals surface area contributed by atoms with Crippen molar-refractivity contribution in [2.75, 3.05) is 13.2 Å². The Bertz CT molecular complexity index is 463. The standard InChI is InChI=1S/C11H11F4NO2/c12-8-3-6(11(13,14)15)1-2-7(8)10(16)5-18-4-9(10)17/h1-3,9,17H,4-5,16H2. The molecule has 2 atom stereocenters. The molecular weight excluding hydrogens is 254 g/mol. The van der Waals surface area contributed by atoms with Crippen molar-refractivity contribution in [3.63, 3.8) is 0 Å². The van der Waals surface area contributed by atoms with Gasteiger partial charge in [0.15, 0.2) is 0 Å². The number of benzene rings is 1. The number of hydrogen-bond donors (Lipinski definition) is 2.